The molecule has 390 valence electrons. The van der Waals surface area contributed by atoms with Crippen molar-refractivity contribution in [1.82, 2.24) is 45.8 Å². The number of carbonyl (C=O) groups is 7. The molecular weight excluding hydrogens is 958 g/mol. The number of nitrogens with one attached hydrogen (secondary N) is 6. The molecule has 74 heavy (non-hydrogen) atoms. The number of ether oxygens (including phenoxy) is 2. The number of hydrogen-bond donors (Lipinski definition) is 7. The Morgan fingerprint density at radius 1 is 0.946 bits per heavy atom. The minimum Gasteiger partial charge on any atom is -0.445 e. The zero-order valence-electron chi connectivity index (χ0n) is 41.5. The average molecular weight is 1020 g/mol. The Hall–Kier alpha value is -8.24. The molecule has 1 saturated carbocycles. The monoisotopic (exact) mass is 1020 g/mol. The Bertz CT molecular complexity index is 2940. The van der Waals surface area contributed by atoms with E-state index < -0.39 is 35.8 Å². The molecule has 3 aliphatic rings. The summed E-state index contributed by atoms with van der Waals surface area (Å²) in [5, 5.41) is 15.5. The first kappa shape index (κ1) is 52.1. The maximum atomic E-state index is 14.9. The van der Waals surface area contributed by atoms with Crippen molar-refractivity contribution in [2.75, 3.05) is 48.8 Å². The number of unbranched alkanes of at least 4 members (excludes halogenated alkanes) is 2. The molecule has 23 heteroatoms. The molecular formula is C51H60FN13O9. The normalized spacial score (nSPS) is 17.6. The SMILES string of the molecule is CNc1cc(F)cc2c1[nH]c1nc(Oc3cnc(C)nc3)nc(N3C[C@@H]4C(NC(=O)OCc5ccc(NC(=O)[C@H](CCCNC(N)=O)CC(=O)[C@@H](NC(=O)CCCCCN6C(=O)C=CC6=O)C(C)C)cc5)[C@@H]4C3)c12. The number of imide groups is 1. The maximum Gasteiger partial charge on any atom is 0.407 e. The molecule has 3 aromatic heterocycles. The molecule has 7 amide bonds. The topological polar surface area (TPSA) is 298 Å². The van der Waals surface area contributed by atoms with Crippen LogP contribution in [0.2, 0.25) is 0 Å². The molecule has 2 aromatic carbocycles. The van der Waals surface area contributed by atoms with Crippen LogP contribution in [-0.4, -0.2) is 117 Å². The largest absolute Gasteiger partial charge is 0.445 e. The number of amides is 7. The van der Waals surface area contributed by atoms with Crippen molar-refractivity contribution in [1.29, 1.82) is 0 Å². The van der Waals surface area contributed by atoms with E-state index in [9.17, 15) is 38.0 Å². The number of rotatable bonds is 24. The van der Waals surface area contributed by atoms with E-state index in [0.717, 1.165) is 4.90 Å². The van der Waals surface area contributed by atoms with Gasteiger partial charge in [-0.3, -0.25) is 28.9 Å². The highest BCUT2D eigenvalue weighted by Gasteiger charge is 2.57. The first-order valence-corrected chi connectivity index (χ1v) is 24.7. The van der Waals surface area contributed by atoms with Crippen molar-refractivity contribution < 1.29 is 47.4 Å². The van der Waals surface area contributed by atoms with Crippen molar-refractivity contribution in [3.05, 3.63) is 78.1 Å². The molecule has 8 N–H and O–H groups in total. The Labute approximate surface area is 425 Å². The van der Waals surface area contributed by atoms with Gasteiger partial charge in [0.25, 0.3) is 11.8 Å². The number of aromatic nitrogens is 5. The number of H-pyrrole nitrogens is 1. The summed E-state index contributed by atoms with van der Waals surface area (Å²) in [4.78, 5) is 113. The van der Waals surface area contributed by atoms with E-state index in [-0.39, 0.29) is 92.3 Å². The molecule has 1 saturated heterocycles. The van der Waals surface area contributed by atoms with Crippen molar-refractivity contribution in [3.8, 4) is 11.8 Å². The molecule has 5 atom stereocenters. The van der Waals surface area contributed by atoms with Crippen LogP contribution in [0, 0.1) is 36.4 Å². The predicted octanol–water partition coefficient (Wildman–Crippen LogP) is 5.13. The molecule has 0 bridgehead atoms. The van der Waals surface area contributed by atoms with Crippen LogP contribution in [0.25, 0.3) is 21.9 Å². The highest BCUT2D eigenvalue weighted by Crippen LogP contribution is 2.48. The summed E-state index contributed by atoms with van der Waals surface area (Å²) in [6.45, 7) is 6.88. The van der Waals surface area contributed by atoms with Gasteiger partial charge in [0.2, 0.25) is 11.8 Å². The molecule has 0 spiro atoms. The van der Waals surface area contributed by atoms with Gasteiger partial charge in [-0.25, -0.2) is 23.9 Å². The minimum absolute atomic E-state index is 0.0433. The number of ketones is 1. The van der Waals surface area contributed by atoms with Gasteiger partial charge in [-0.1, -0.05) is 32.4 Å². The number of halogens is 1. The van der Waals surface area contributed by atoms with Crippen LogP contribution in [0.4, 0.5) is 31.2 Å². The number of nitrogens with two attached hydrogens (primary N) is 1. The lowest BCUT2D eigenvalue weighted by atomic mass is 9.89. The van der Waals surface area contributed by atoms with E-state index >= 15 is 0 Å². The van der Waals surface area contributed by atoms with E-state index in [1.54, 1.807) is 52.1 Å². The molecule has 1 aliphatic carbocycles. The minimum atomic E-state index is -0.851. The van der Waals surface area contributed by atoms with Gasteiger partial charge in [0.1, 0.15) is 29.7 Å². The molecule has 22 nitrogen and oxygen atoms in total. The van der Waals surface area contributed by atoms with Crippen LogP contribution in [0.15, 0.2) is 60.9 Å². The van der Waals surface area contributed by atoms with Crippen molar-refractivity contribution in [2.45, 2.75) is 84.4 Å². The highest BCUT2D eigenvalue weighted by atomic mass is 19.1. The fraction of sp³-hybridized carbons (Fsp3) is 0.431. The number of carbonyl (C=O) groups excluding carboxylic acids is 7. The summed E-state index contributed by atoms with van der Waals surface area (Å²) in [5.41, 5.74) is 8.01. The van der Waals surface area contributed by atoms with Gasteiger partial charge in [-0.05, 0) is 68.4 Å². The number of Topliss-reactive ketones (excluding diaryl/α,β-unsaturated/α-hetero) is 1. The average Bonchev–Trinajstić information content (AvgIpc) is 3.67. The zero-order chi connectivity index (χ0) is 52.6. The van der Waals surface area contributed by atoms with Gasteiger partial charge in [0.05, 0.1) is 35.0 Å². The fourth-order valence-corrected chi connectivity index (χ4v) is 9.51. The Morgan fingerprint density at radius 2 is 1.66 bits per heavy atom. The standard InChI is InChI=1S/C51H60FN13O9/c1-27(2)43(59-39(67)10-6-5-7-18-65-40(68)15-16-41(65)69)38(66)19-30(9-8-17-55-49(53)71)48(70)58-32-13-11-29(12-14-32)26-73-51(72)61-44-35-24-64(25-36(35)44)47-42-34-20-31(52)21-37(54-4)45(34)60-46(42)62-50(63-47)74-33-22-56-28(3)57-23-33/h11-16,20-23,27,30,35-36,43-44,54H,5-10,17-19,24-26H2,1-4H3,(H,58,70)(H,59,67)(H,61,72)(H3,53,55,71)(H,60,62,63)/t30-,35-,36+,43+,44?/m1/s1. The quantitative estimate of drug-likeness (QED) is 0.0311. The second kappa shape index (κ2) is 23.1. The van der Waals surface area contributed by atoms with Crippen LogP contribution in [0.5, 0.6) is 11.8 Å². The Morgan fingerprint density at radius 3 is 2.34 bits per heavy atom. The number of primary amides is 1. The number of aryl methyl sites for hydroxylation is 1. The second-order valence-electron chi connectivity index (χ2n) is 19.1. The van der Waals surface area contributed by atoms with Gasteiger partial charge >= 0.3 is 18.1 Å². The molecule has 2 fully saturated rings. The van der Waals surface area contributed by atoms with Crippen LogP contribution < -0.4 is 42.0 Å². The van der Waals surface area contributed by atoms with Gasteiger partial charge in [0.15, 0.2) is 11.5 Å². The first-order chi connectivity index (χ1) is 35.5. The maximum absolute atomic E-state index is 14.9. The number of benzene rings is 2. The fourth-order valence-electron chi connectivity index (χ4n) is 9.51. The van der Waals surface area contributed by atoms with Crippen LogP contribution in [-0.2, 0) is 35.3 Å². The molecule has 5 aromatic rings. The number of hydrogen-bond acceptors (Lipinski definition) is 15. The third kappa shape index (κ3) is 12.7. The van der Waals surface area contributed by atoms with Crippen molar-refractivity contribution >= 4 is 80.7 Å². The van der Waals surface area contributed by atoms with Gasteiger partial charge in [0, 0.05) is 93.1 Å². The lowest BCUT2D eigenvalue weighted by molar-refractivity contribution is -0.137. The van der Waals surface area contributed by atoms with E-state index in [2.05, 4.69) is 51.4 Å². The lowest BCUT2D eigenvalue weighted by Gasteiger charge is -2.24. The molecule has 8 rings (SSSR count). The number of anilines is 3. The summed E-state index contributed by atoms with van der Waals surface area (Å²) in [6, 6.07) is 7.95. The summed E-state index contributed by atoms with van der Waals surface area (Å²) in [7, 11) is 1.71. The number of fused-ring (bicyclic) bond motifs is 4. The third-order valence-corrected chi connectivity index (χ3v) is 13.5. The van der Waals surface area contributed by atoms with E-state index in [1.807, 2.05) is 0 Å². The van der Waals surface area contributed by atoms with Crippen molar-refractivity contribution in [3.63, 3.8) is 0 Å². The Balaban J connectivity index is 0.821. The number of aromatic amines is 1. The van der Waals surface area contributed by atoms with Gasteiger partial charge in [-0.15, -0.1) is 0 Å². The molecule has 5 heterocycles. The number of nitrogens with zero attached hydrogens (tertiary/aromatic N) is 6. The number of urea groups is 1. The third-order valence-electron chi connectivity index (χ3n) is 13.5. The smallest absolute Gasteiger partial charge is 0.407 e. The van der Waals surface area contributed by atoms with Gasteiger partial charge < -0.3 is 51.7 Å². The second-order valence-corrected chi connectivity index (χ2v) is 19.1. The summed E-state index contributed by atoms with van der Waals surface area (Å²) in [5.74, 6) is -1.60. The van der Waals surface area contributed by atoms with Crippen molar-refractivity contribution in [2.24, 2.45) is 29.4 Å². The number of piperidine rings is 1. The van der Waals surface area contributed by atoms with Crippen LogP contribution in [0.3, 0.4) is 0 Å². The molecule has 0 radical (unpaired) electrons. The summed E-state index contributed by atoms with van der Waals surface area (Å²) >= 11 is 0. The molecule has 1 unspecified atom stereocenters. The predicted molar refractivity (Wildman–Crippen MR) is 270 cm³/mol. The molecule has 2 aliphatic heterocycles. The zero-order valence-corrected chi connectivity index (χ0v) is 41.5. The summed E-state index contributed by atoms with van der Waals surface area (Å²) in [6.07, 6.45) is 7.12. The van der Waals surface area contributed by atoms with E-state index in [4.69, 9.17) is 20.2 Å². The van der Waals surface area contributed by atoms with Crippen LogP contribution in [0.1, 0.15) is 70.2 Å². The Kier molecular flexibility index (Phi) is 16.3. The first-order valence-electron chi connectivity index (χ1n) is 24.7. The van der Waals surface area contributed by atoms with Gasteiger partial charge in [-0.2, -0.15) is 9.97 Å². The van der Waals surface area contributed by atoms with E-state index in [1.165, 1.54) is 36.7 Å². The van der Waals surface area contributed by atoms with Crippen LogP contribution >= 0.6 is 0 Å². The number of alkyl carbamates (subject to hydrolysis) is 1. The highest BCUT2D eigenvalue weighted by molar-refractivity contribution is 6.15. The lowest BCUT2D eigenvalue weighted by Crippen LogP contribution is -2.45. The summed E-state index contributed by atoms with van der Waals surface area (Å²) < 4.78 is 26.5. The van der Waals surface area contributed by atoms with E-state index in [0.29, 0.717) is 95.0 Å².